The molecule has 3 rings (SSSR count). The molecule has 2 aromatic carbocycles. The molecule has 0 amide bonds. The van der Waals surface area contributed by atoms with Gasteiger partial charge in [-0.25, -0.2) is 0 Å². The number of ketones is 1. The summed E-state index contributed by atoms with van der Waals surface area (Å²) in [4.78, 5) is 11.4. The van der Waals surface area contributed by atoms with Gasteiger partial charge >= 0.3 is 0 Å². The summed E-state index contributed by atoms with van der Waals surface area (Å²) in [5.41, 5.74) is 3.90. The lowest BCUT2D eigenvalue weighted by Crippen LogP contribution is -2.05. The molecule has 0 aromatic heterocycles. The summed E-state index contributed by atoms with van der Waals surface area (Å²) >= 11 is 6.17. The molecule has 0 radical (unpaired) electrons. The Bertz CT molecular complexity index is 691. The van der Waals surface area contributed by atoms with E-state index in [1.807, 2.05) is 24.3 Å². The van der Waals surface area contributed by atoms with Crippen LogP contribution in [0.5, 0.6) is 5.75 Å². The van der Waals surface area contributed by atoms with E-state index in [0.717, 1.165) is 23.3 Å². The molecule has 102 valence electrons. The van der Waals surface area contributed by atoms with Gasteiger partial charge < -0.3 is 4.74 Å². The van der Waals surface area contributed by atoms with Crippen molar-refractivity contribution in [3.63, 3.8) is 0 Å². The van der Waals surface area contributed by atoms with E-state index in [1.54, 1.807) is 6.07 Å². The van der Waals surface area contributed by atoms with Crippen molar-refractivity contribution >= 4 is 17.4 Å². The van der Waals surface area contributed by atoms with Gasteiger partial charge in [0.15, 0.2) is 5.78 Å². The highest BCUT2D eigenvalue weighted by Crippen LogP contribution is 2.34. The number of Topliss-reactive ketones (excluding diaryl/α,β-unsaturated/α-hetero) is 1. The van der Waals surface area contributed by atoms with Crippen LogP contribution in [0, 0.1) is 0 Å². The number of carbonyl (C=O) groups is 1. The fourth-order valence-corrected chi connectivity index (χ4v) is 2.90. The second-order valence-corrected chi connectivity index (χ2v) is 5.61. The summed E-state index contributed by atoms with van der Waals surface area (Å²) in [6, 6.07) is 11.7. The largest absolute Gasteiger partial charge is 0.490 e. The van der Waals surface area contributed by atoms with Gasteiger partial charge in [0.1, 0.15) is 11.9 Å². The minimum absolute atomic E-state index is 0.0160. The fourth-order valence-electron chi connectivity index (χ4n) is 2.58. The van der Waals surface area contributed by atoms with Crippen LogP contribution >= 0.6 is 11.6 Å². The molecule has 1 unspecified atom stereocenters. The summed E-state index contributed by atoms with van der Waals surface area (Å²) < 4.78 is 5.70. The van der Waals surface area contributed by atoms with Gasteiger partial charge in [-0.05, 0) is 54.8 Å². The van der Waals surface area contributed by atoms with Crippen molar-refractivity contribution < 1.29 is 9.53 Å². The molecule has 0 saturated carbocycles. The van der Waals surface area contributed by atoms with Crippen molar-refractivity contribution in [3.05, 3.63) is 52.5 Å². The van der Waals surface area contributed by atoms with Gasteiger partial charge in [0.2, 0.25) is 0 Å². The molecule has 1 heterocycles. The van der Waals surface area contributed by atoms with Gasteiger partial charge in [-0.15, -0.1) is 0 Å². The highest BCUT2D eigenvalue weighted by molar-refractivity contribution is 6.34. The van der Waals surface area contributed by atoms with Gasteiger partial charge in [-0.1, -0.05) is 23.7 Å². The third-order valence-corrected chi connectivity index (χ3v) is 3.89. The van der Waals surface area contributed by atoms with E-state index < -0.39 is 0 Å². The van der Waals surface area contributed by atoms with E-state index >= 15 is 0 Å². The minimum atomic E-state index is -0.0160. The molecule has 0 fully saturated rings. The molecular formula is C17H15ClO2. The van der Waals surface area contributed by atoms with Crippen LogP contribution in [0.2, 0.25) is 5.02 Å². The molecular weight excluding hydrogens is 272 g/mol. The molecule has 1 atom stereocenters. The molecule has 2 aromatic rings. The zero-order valence-electron chi connectivity index (χ0n) is 11.4. The molecule has 0 bridgehead atoms. The maximum atomic E-state index is 11.4. The Morgan fingerprint density at radius 2 is 1.90 bits per heavy atom. The molecule has 2 nitrogen and oxygen atoms in total. The molecule has 0 saturated heterocycles. The average molecular weight is 287 g/mol. The molecule has 1 aliphatic heterocycles. The molecule has 0 N–H and O–H groups in total. The van der Waals surface area contributed by atoms with Gasteiger partial charge in [0, 0.05) is 12.0 Å². The van der Waals surface area contributed by atoms with Crippen molar-refractivity contribution in [1.82, 2.24) is 0 Å². The first-order chi connectivity index (χ1) is 9.54. The lowest BCUT2D eigenvalue weighted by atomic mass is 9.99. The Balaban J connectivity index is 2.00. The number of benzene rings is 2. The van der Waals surface area contributed by atoms with E-state index in [9.17, 15) is 4.79 Å². The molecule has 0 spiro atoms. The van der Waals surface area contributed by atoms with Crippen LogP contribution in [0.1, 0.15) is 29.8 Å². The Hall–Kier alpha value is -1.80. The normalized spacial score (nSPS) is 16.6. The smallest absolute Gasteiger partial charge is 0.161 e. The van der Waals surface area contributed by atoms with E-state index in [0.29, 0.717) is 10.6 Å². The van der Waals surface area contributed by atoms with Crippen LogP contribution in [-0.4, -0.2) is 11.9 Å². The number of ether oxygens (including phenoxy) is 1. The first-order valence-corrected chi connectivity index (χ1v) is 7.03. The van der Waals surface area contributed by atoms with Crippen LogP contribution in [0.25, 0.3) is 11.1 Å². The van der Waals surface area contributed by atoms with Gasteiger partial charge in [0.05, 0.1) is 5.02 Å². The number of hydrogen-bond donors (Lipinski definition) is 0. The first kappa shape index (κ1) is 13.2. The summed E-state index contributed by atoms with van der Waals surface area (Å²) in [5.74, 6) is 0.949. The lowest BCUT2D eigenvalue weighted by Gasteiger charge is -2.07. The summed E-state index contributed by atoms with van der Waals surface area (Å²) in [7, 11) is 0. The van der Waals surface area contributed by atoms with Crippen molar-refractivity contribution in [3.8, 4) is 16.9 Å². The summed E-state index contributed by atoms with van der Waals surface area (Å²) in [6.45, 7) is 3.59. The van der Waals surface area contributed by atoms with Crippen LogP contribution < -0.4 is 4.74 Å². The maximum absolute atomic E-state index is 11.4. The predicted molar refractivity (Wildman–Crippen MR) is 80.7 cm³/mol. The topological polar surface area (TPSA) is 26.3 Å². The monoisotopic (exact) mass is 286 g/mol. The Morgan fingerprint density at radius 3 is 2.60 bits per heavy atom. The second-order valence-electron chi connectivity index (χ2n) is 5.21. The minimum Gasteiger partial charge on any atom is -0.490 e. The highest BCUT2D eigenvalue weighted by atomic mass is 35.5. The maximum Gasteiger partial charge on any atom is 0.161 e. The predicted octanol–water partition coefficient (Wildman–Crippen LogP) is 4.53. The van der Waals surface area contributed by atoms with E-state index in [1.165, 1.54) is 12.5 Å². The van der Waals surface area contributed by atoms with Crippen molar-refractivity contribution in [2.75, 3.05) is 0 Å². The van der Waals surface area contributed by atoms with Gasteiger partial charge in [-0.3, -0.25) is 4.79 Å². The molecule has 20 heavy (non-hydrogen) atoms. The van der Waals surface area contributed by atoms with Gasteiger partial charge in [-0.2, -0.15) is 0 Å². The van der Waals surface area contributed by atoms with Crippen LogP contribution in [0.3, 0.4) is 0 Å². The Labute approximate surface area is 123 Å². The van der Waals surface area contributed by atoms with E-state index in [2.05, 4.69) is 13.0 Å². The van der Waals surface area contributed by atoms with Crippen molar-refractivity contribution in [1.29, 1.82) is 0 Å². The lowest BCUT2D eigenvalue weighted by molar-refractivity contribution is 0.101. The molecule has 3 heteroatoms. The highest BCUT2D eigenvalue weighted by Gasteiger charge is 2.19. The standard InChI is InChI=1S/C17H15ClO2/c1-10-7-14-8-12(4-6-17(14)20-10)13-3-5-15(11(2)19)16(18)9-13/h3-6,8-10H,7H2,1-2H3. The number of fused-ring (bicyclic) bond motifs is 1. The third kappa shape index (κ3) is 2.32. The first-order valence-electron chi connectivity index (χ1n) is 6.65. The summed E-state index contributed by atoms with van der Waals surface area (Å²) in [5, 5.41) is 0.500. The number of rotatable bonds is 2. The van der Waals surface area contributed by atoms with Crippen molar-refractivity contribution in [2.45, 2.75) is 26.4 Å². The number of carbonyl (C=O) groups excluding carboxylic acids is 1. The molecule has 0 aliphatic carbocycles. The quantitative estimate of drug-likeness (QED) is 0.758. The van der Waals surface area contributed by atoms with Crippen LogP contribution in [-0.2, 0) is 6.42 Å². The van der Waals surface area contributed by atoms with Crippen LogP contribution in [0.4, 0.5) is 0 Å². The zero-order chi connectivity index (χ0) is 14.3. The second kappa shape index (κ2) is 4.95. The van der Waals surface area contributed by atoms with Crippen molar-refractivity contribution in [2.24, 2.45) is 0 Å². The fraction of sp³-hybridized carbons (Fsp3) is 0.235. The SMILES string of the molecule is CC(=O)c1ccc(-c2ccc3c(c2)CC(C)O3)cc1Cl. The van der Waals surface area contributed by atoms with E-state index in [-0.39, 0.29) is 11.9 Å². The number of hydrogen-bond acceptors (Lipinski definition) is 2. The number of halogens is 1. The Morgan fingerprint density at radius 1 is 1.20 bits per heavy atom. The third-order valence-electron chi connectivity index (χ3n) is 3.58. The van der Waals surface area contributed by atoms with Crippen LogP contribution in [0.15, 0.2) is 36.4 Å². The summed E-state index contributed by atoms with van der Waals surface area (Å²) in [6.07, 6.45) is 1.17. The molecule has 1 aliphatic rings. The zero-order valence-corrected chi connectivity index (χ0v) is 12.2. The van der Waals surface area contributed by atoms with E-state index in [4.69, 9.17) is 16.3 Å². The average Bonchev–Trinajstić information content (AvgIpc) is 2.77. The Kier molecular flexibility index (Phi) is 3.27. The van der Waals surface area contributed by atoms with Gasteiger partial charge in [0.25, 0.3) is 0 Å².